The number of para-hydroxylation sites is 1. The van der Waals surface area contributed by atoms with E-state index in [2.05, 4.69) is 0 Å². The average molecular weight is 559 g/mol. The van der Waals surface area contributed by atoms with Crippen LogP contribution in [0.15, 0.2) is 90.0 Å². The molecule has 1 spiro atoms. The zero-order valence-corrected chi connectivity index (χ0v) is 23.3. The molecule has 6 atom stereocenters. The second kappa shape index (κ2) is 10.6. The highest BCUT2D eigenvalue weighted by atomic mass is 35.5. The molecular formula is C32H31ClN2O5. The van der Waals surface area contributed by atoms with E-state index in [1.54, 1.807) is 50.2 Å². The van der Waals surface area contributed by atoms with Crippen molar-refractivity contribution in [3.8, 4) is 0 Å². The lowest BCUT2D eigenvalue weighted by Gasteiger charge is -2.57. The van der Waals surface area contributed by atoms with Crippen LogP contribution in [-0.2, 0) is 19.1 Å². The summed E-state index contributed by atoms with van der Waals surface area (Å²) in [5, 5.41) is 18.8. The fourth-order valence-corrected chi connectivity index (χ4v) is 6.90. The van der Waals surface area contributed by atoms with Crippen LogP contribution in [0.3, 0.4) is 0 Å². The third-order valence-electron chi connectivity index (χ3n) is 8.45. The Morgan fingerprint density at radius 3 is 2.15 bits per heavy atom. The highest BCUT2D eigenvalue weighted by Gasteiger charge is 2.72. The fraction of sp³-hybridized carbons (Fsp3) is 0.312. The van der Waals surface area contributed by atoms with E-state index in [0.29, 0.717) is 33.8 Å². The number of ether oxygens (including phenoxy) is 1. The molecule has 5 rings (SSSR count). The van der Waals surface area contributed by atoms with Crippen LogP contribution in [0.25, 0.3) is 0 Å². The van der Waals surface area contributed by atoms with E-state index in [4.69, 9.17) is 21.4 Å². The number of carbonyl (C=O) groups excluding carboxylic acids is 3. The molecule has 1 amide bonds. The number of esters is 1. The summed E-state index contributed by atoms with van der Waals surface area (Å²) in [6.45, 7) is 4.99. The number of amides is 1. The number of hydrogen-bond acceptors (Lipinski definition) is 6. The minimum atomic E-state index is -1.87. The summed E-state index contributed by atoms with van der Waals surface area (Å²) >= 11 is 6.23. The van der Waals surface area contributed by atoms with Crippen molar-refractivity contribution in [2.75, 3.05) is 11.6 Å². The maximum absolute atomic E-state index is 15.0. The van der Waals surface area contributed by atoms with Crippen molar-refractivity contribution >= 4 is 41.2 Å². The van der Waals surface area contributed by atoms with Gasteiger partial charge in [0.15, 0.2) is 0 Å². The summed E-state index contributed by atoms with van der Waals surface area (Å²) < 4.78 is 5.51. The largest absolute Gasteiger partial charge is 0.466 e. The predicted octanol–water partition coefficient (Wildman–Crippen LogP) is 5.38. The SMILES string of the molecule is CCOC(=O)[C@H]1[C@H](c2ccccc2)[C@]2(C(=O)N(c3ccccc3)N=C2C)[C@H](c2ccc(Cl)cc2)[C@@H](C=O)[C@@]1(C)O. The second-order valence-corrected chi connectivity index (χ2v) is 11.0. The number of carbonyl (C=O) groups is 3. The number of anilines is 1. The quantitative estimate of drug-likeness (QED) is 0.324. The van der Waals surface area contributed by atoms with E-state index in [0.717, 1.165) is 0 Å². The van der Waals surface area contributed by atoms with Gasteiger partial charge in [0.1, 0.15) is 11.7 Å². The number of hydrazone groups is 1. The van der Waals surface area contributed by atoms with E-state index in [9.17, 15) is 19.5 Å². The molecular weight excluding hydrogens is 528 g/mol. The van der Waals surface area contributed by atoms with E-state index < -0.39 is 40.7 Å². The number of hydrogen-bond donors (Lipinski definition) is 1. The van der Waals surface area contributed by atoms with Crippen LogP contribution in [0.2, 0.25) is 5.02 Å². The van der Waals surface area contributed by atoms with Gasteiger partial charge in [0.05, 0.1) is 35.4 Å². The van der Waals surface area contributed by atoms with Crippen molar-refractivity contribution in [1.29, 1.82) is 0 Å². The van der Waals surface area contributed by atoms with Gasteiger partial charge in [0.2, 0.25) is 0 Å². The molecule has 1 saturated carbocycles. The summed E-state index contributed by atoms with van der Waals surface area (Å²) in [5.41, 5.74) is -1.12. The topological polar surface area (TPSA) is 96.3 Å². The molecule has 3 aromatic rings. The van der Waals surface area contributed by atoms with Crippen LogP contribution in [0.5, 0.6) is 0 Å². The maximum atomic E-state index is 15.0. The maximum Gasteiger partial charge on any atom is 0.312 e. The summed E-state index contributed by atoms with van der Waals surface area (Å²) in [5.74, 6) is -5.27. The van der Waals surface area contributed by atoms with Gasteiger partial charge in [-0.05, 0) is 56.2 Å². The van der Waals surface area contributed by atoms with Gasteiger partial charge < -0.3 is 14.6 Å². The number of nitrogens with zero attached hydrogens (tertiary/aromatic N) is 2. The van der Waals surface area contributed by atoms with Crippen molar-refractivity contribution in [2.45, 2.75) is 38.2 Å². The van der Waals surface area contributed by atoms with Crippen molar-refractivity contribution in [3.63, 3.8) is 0 Å². The first-order valence-electron chi connectivity index (χ1n) is 13.3. The normalized spacial score (nSPS) is 29.8. The molecule has 3 aromatic carbocycles. The van der Waals surface area contributed by atoms with Crippen LogP contribution in [0, 0.1) is 17.3 Å². The van der Waals surface area contributed by atoms with Crippen molar-refractivity contribution in [3.05, 3.63) is 101 Å². The van der Waals surface area contributed by atoms with Gasteiger partial charge in [0, 0.05) is 16.9 Å². The van der Waals surface area contributed by atoms with Gasteiger partial charge in [-0.15, -0.1) is 0 Å². The molecule has 8 heteroatoms. The molecule has 0 saturated heterocycles. The first kappa shape index (κ1) is 27.7. The average Bonchev–Trinajstić information content (AvgIpc) is 3.21. The standard InChI is InChI=1S/C32H31ClN2O5/c1-4-40-29(37)28-27(21-11-7-5-8-12-21)32(20(2)34-35(30(32)38)24-13-9-6-10-14-24)26(25(19-36)31(28,3)39)22-15-17-23(33)18-16-22/h5-19,25-28,39H,4H2,1-3H3/t25-,26-,27+,28-,31-,32-/m1/s1. The number of aliphatic hydroxyl groups is 1. The van der Waals surface area contributed by atoms with Crippen LogP contribution in [0.1, 0.15) is 43.7 Å². The Bertz CT molecular complexity index is 1440. The third-order valence-corrected chi connectivity index (χ3v) is 8.70. The smallest absolute Gasteiger partial charge is 0.312 e. The molecule has 206 valence electrons. The molecule has 0 unspecified atom stereocenters. The Hall–Kier alpha value is -3.81. The Balaban J connectivity index is 1.88. The lowest BCUT2D eigenvalue weighted by atomic mass is 9.44. The molecule has 1 aliphatic heterocycles. The molecule has 0 bridgehead atoms. The zero-order chi connectivity index (χ0) is 28.7. The van der Waals surface area contributed by atoms with Crippen LogP contribution >= 0.6 is 11.6 Å². The molecule has 1 fully saturated rings. The highest BCUT2D eigenvalue weighted by molar-refractivity contribution is 6.30. The van der Waals surface area contributed by atoms with Gasteiger partial charge in [-0.1, -0.05) is 72.3 Å². The Kier molecular flexibility index (Phi) is 7.38. The molecule has 0 radical (unpaired) electrons. The molecule has 2 aliphatic rings. The first-order valence-corrected chi connectivity index (χ1v) is 13.7. The minimum absolute atomic E-state index is 0.0729. The summed E-state index contributed by atoms with van der Waals surface area (Å²) in [4.78, 5) is 41.7. The molecule has 40 heavy (non-hydrogen) atoms. The van der Waals surface area contributed by atoms with E-state index in [1.807, 2.05) is 48.5 Å². The highest BCUT2D eigenvalue weighted by Crippen LogP contribution is 2.65. The minimum Gasteiger partial charge on any atom is -0.466 e. The van der Waals surface area contributed by atoms with Gasteiger partial charge in [-0.3, -0.25) is 9.59 Å². The molecule has 1 aliphatic carbocycles. The van der Waals surface area contributed by atoms with E-state index in [1.165, 1.54) is 11.9 Å². The van der Waals surface area contributed by atoms with Gasteiger partial charge >= 0.3 is 5.97 Å². The van der Waals surface area contributed by atoms with Crippen molar-refractivity contribution in [2.24, 2.45) is 22.4 Å². The Labute approximate surface area is 238 Å². The molecule has 1 heterocycles. The van der Waals surface area contributed by atoms with E-state index in [-0.39, 0.29) is 12.5 Å². The van der Waals surface area contributed by atoms with Crippen molar-refractivity contribution in [1.82, 2.24) is 0 Å². The van der Waals surface area contributed by atoms with Crippen LogP contribution in [0.4, 0.5) is 5.69 Å². The Morgan fingerprint density at radius 1 is 1.00 bits per heavy atom. The first-order chi connectivity index (χ1) is 19.2. The second-order valence-electron chi connectivity index (χ2n) is 10.5. The number of halogens is 1. The molecule has 0 aromatic heterocycles. The zero-order valence-electron chi connectivity index (χ0n) is 22.5. The lowest BCUT2D eigenvalue weighted by Crippen LogP contribution is -2.66. The van der Waals surface area contributed by atoms with Crippen LogP contribution in [-0.4, -0.2) is 41.2 Å². The van der Waals surface area contributed by atoms with Gasteiger partial charge in [0.25, 0.3) is 5.91 Å². The summed E-state index contributed by atoms with van der Waals surface area (Å²) in [7, 11) is 0. The monoisotopic (exact) mass is 558 g/mol. The van der Waals surface area contributed by atoms with Crippen LogP contribution < -0.4 is 5.01 Å². The third kappa shape index (κ3) is 4.16. The van der Waals surface area contributed by atoms with Gasteiger partial charge in [-0.2, -0.15) is 10.1 Å². The fourth-order valence-electron chi connectivity index (χ4n) is 6.77. The summed E-state index contributed by atoms with van der Waals surface area (Å²) in [6, 6.07) is 25.1. The Morgan fingerprint density at radius 2 is 1.57 bits per heavy atom. The molecule has 1 N–H and O–H groups in total. The number of aldehydes is 1. The summed E-state index contributed by atoms with van der Waals surface area (Å²) in [6.07, 6.45) is 0.653. The predicted molar refractivity (Wildman–Crippen MR) is 153 cm³/mol. The lowest BCUT2D eigenvalue weighted by molar-refractivity contribution is -0.179. The molecule has 7 nitrogen and oxygen atoms in total. The number of rotatable bonds is 6. The number of benzene rings is 3. The van der Waals surface area contributed by atoms with Crippen molar-refractivity contribution < 1.29 is 24.2 Å². The van der Waals surface area contributed by atoms with Gasteiger partial charge in [-0.25, -0.2) is 0 Å². The van der Waals surface area contributed by atoms with E-state index >= 15 is 0 Å².